The van der Waals surface area contributed by atoms with Crippen molar-refractivity contribution in [3.05, 3.63) is 54.1 Å². The van der Waals surface area contributed by atoms with Crippen LogP contribution in [0, 0.1) is 0 Å². The standard InChI is InChI=1S/C19H25N3O4S.ClH/c1-4-26-17-9-7-16(8-10-17)21-27(24,25)18-11-5-15(6-12-18)19(23)22(3)14(2)13-20;/h5-12,14,21H,4,13,20H2,1-3H3;1H. The van der Waals surface area contributed by atoms with Gasteiger partial charge < -0.3 is 15.4 Å². The first-order chi connectivity index (χ1) is 12.8. The molecule has 0 saturated carbocycles. The number of carbonyl (C=O) groups excluding carboxylic acids is 1. The molecule has 0 aliphatic carbocycles. The van der Waals surface area contributed by atoms with Crippen LogP contribution in [-0.2, 0) is 10.0 Å². The highest BCUT2D eigenvalue weighted by molar-refractivity contribution is 7.92. The Morgan fingerprint density at radius 1 is 1.14 bits per heavy atom. The summed E-state index contributed by atoms with van der Waals surface area (Å²) < 4.78 is 32.9. The number of anilines is 1. The van der Waals surface area contributed by atoms with Gasteiger partial charge in [-0.2, -0.15) is 0 Å². The zero-order valence-corrected chi connectivity index (χ0v) is 17.7. The number of halogens is 1. The summed E-state index contributed by atoms with van der Waals surface area (Å²) in [4.78, 5) is 14.0. The summed E-state index contributed by atoms with van der Waals surface area (Å²) in [5.41, 5.74) is 6.41. The first-order valence-corrected chi connectivity index (χ1v) is 10.1. The Hall–Kier alpha value is -2.29. The summed E-state index contributed by atoms with van der Waals surface area (Å²) in [5, 5.41) is 0. The van der Waals surface area contributed by atoms with Crippen molar-refractivity contribution in [3.8, 4) is 5.75 Å². The first-order valence-electron chi connectivity index (χ1n) is 8.61. The van der Waals surface area contributed by atoms with Gasteiger partial charge in [0.2, 0.25) is 0 Å². The van der Waals surface area contributed by atoms with Gasteiger partial charge in [0.15, 0.2) is 0 Å². The number of nitrogens with zero attached hydrogens (tertiary/aromatic N) is 1. The second-order valence-corrected chi connectivity index (χ2v) is 7.77. The largest absolute Gasteiger partial charge is 0.494 e. The molecule has 2 aromatic carbocycles. The van der Waals surface area contributed by atoms with E-state index in [1.807, 2.05) is 13.8 Å². The highest BCUT2D eigenvalue weighted by Crippen LogP contribution is 2.20. The third-order valence-corrected chi connectivity index (χ3v) is 5.55. The average Bonchev–Trinajstić information content (AvgIpc) is 2.67. The average molecular weight is 428 g/mol. The van der Waals surface area contributed by atoms with Crippen molar-refractivity contribution in [2.24, 2.45) is 5.73 Å². The molecule has 0 aromatic heterocycles. The Bertz CT molecular complexity index is 871. The van der Waals surface area contributed by atoms with Gasteiger partial charge in [-0.3, -0.25) is 9.52 Å². The number of carbonyl (C=O) groups is 1. The molecule has 3 N–H and O–H groups in total. The lowest BCUT2D eigenvalue weighted by Crippen LogP contribution is -2.39. The molecular formula is C19H26ClN3O4S. The van der Waals surface area contributed by atoms with E-state index in [1.54, 1.807) is 31.3 Å². The molecule has 2 rings (SSSR count). The molecule has 2 aromatic rings. The SMILES string of the molecule is CCOc1ccc(NS(=O)(=O)c2ccc(C(=O)N(C)C(C)CN)cc2)cc1.Cl. The van der Waals surface area contributed by atoms with Crippen molar-refractivity contribution in [2.45, 2.75) is 24.8 Å². The molecule has 0 bridgehead atoms. The zero-order valence-electron chi connectivity index (χ0n) is 16.1. The van der Waals surface area contributed by atoms with E-state index in [1.165, 1.54) is 29.2 Å². The minimum Gasteiger partial charge on any atom is -0.494 e. The quantitative estimate of drug-likeness (QED) is 0.674. The van der Waals surface area contributed by atoms with Gasteiger partial charge in [-0.25, -0.2) is 8.42 Å². The summed E-state index contributed by atoms with van der Waals surface area (Å²) in [5.74, 6) is 0.454. The van der Waals surface area contributed by atoms with E-state index in [4.69, 9.17) is 10.5 Å². The van der Waals surface area contributed by atoms with Crippen molar-refractivity contribution in [2.75, 3.05) is 24.9 Å². The van der Waals surface area contributed by atoms with Gasteiger partial charge in [0.05, 0.1) is 11.5 Å². The van der Waals surface area contributed by atoms with Crippen LogP contribution in [0.25, 0.3) is 0 Å². The molecule has 0 heterocycles. The number of sulfonamides is 1. The minimum absolute atomic E-state index is 0. The molecule has 1 atom stereocenters. The van der Waals surface area contributed by atoms with Crippen LogP contribution in [0.15, 0.2) is 53.4 Å². The van der Waals surface area contributed by atoms with Crippen LogP contribution in [0.1, 0.15) is 24.2 Å². The molecule has 0 radical (unpaired) electrons. The predicted octanol–water partition coefficient (Wildman–Crippen LogP) is 2.73. The fourth-order valence-corrected chi connectivity index (χ4v) is 3.40. The van der Waals surface area contributed by atoms with E-state index in [0.29, 0.717) is 30.2 Å². The number of nitrogens with two attached hydrogens (primary N) is 1. The number of benzene rings is 2. The molecule has 1 unspecified atom stereocenters. The van der Waals surface area contributed by atoms with Crippen LogP contribution >= 0.6 is 12.4 Å². The highest BCUT2D eigenvalue weighted by Gasteiger charge is 2.19. The van der Waals surface area contributed by atoms with Crippen LogP contribution in [0.5, 0.6) is 5.75 Å². The van der Waals surface area contributed by atoms with Crippen LogP contribution in [-0.4, -0.2) is 45.5 Å². The summed E-state index contributed by atoms with van der Waals surface area (Å²) in [6.45, 7) is 4.60. The van der Waals surface area contributed by atoms with Gasteiger partial charge in [-0.05, 0) is 62.4 Å². The third kappa shape index (κ3) is 5.85. The van der Waals surface area contributed by atoms with Crippen LogP contribution in [0.2, 0.25) is 0 Å². The first kappa shape index (κ1) is 23.7. The highest BCUT2D eigenvalue weighted by atomic mass is 35.5. The summed E-state index contributed by atoms with van der Waals surface area (Å²) >= 11 is 0. The van der Waals surface area contributed by atoms with Crippen molar-refractivity contribution >= 4 is 34.0 Å². The summed E-state index contributed by atoms with van der Waals surface area (Å²) in [6.07, 6.45) is 0. The second kappa shape index (κ2) is 10.3. The summed E-state index contributed by atoms with van der Waals surface area (Å²) in [6, 6.07) is 12.3. The van der Waals surface area contributed by atoms with E-state index in [2.05, 4.69) is 4.72 Å². The van der Waals surface area contributed by atoms with Crippen LogP contribution in [0.4, 0.5) is 5.69 Å². The van der Waals surface area contributed by atoms with Gasteiger partial charge in [-0.1, -0.05) is 0 Å². The Morgan fingerprint density at radius 2 is 1.71 bits per heavy atom. The van der Waals surface area contributed by atoms with Crippen LogP contribution in [0.3, 0.4) is 0 Å². The molecule has 0 aliphatic heterocycles. The Balaban J connectivity index is 0.00000392. The lowest BCUT2D eigenvalue weighted by Gasteiger charge is -2.23. The Kier molecular flexibility index (Phi) is 8.74. The predicted molar refractivity (Wildman–Crippen MR) is 113 cm³/mol. The summed E-state index contributed by atoms with van der Waals surface area (Å²) in [7, 11) is -2.09. The molecule has 0 spiro atoms. The number of hydrogen-bond donors (Lipinski definition) is 2. The van der Waals surface area contributed by atoms with Crippen molar-refractivity contribution in [1.29, 1.82) is 0 Å². The monoisotopic (exact) mass is 427 g/mol. The van der Waals surface area contributed by atoms with Crippen molar-refractivity contribution in [3.63, 3.8) is 0 Å². The molecular weight excluding hydrogens is 402 g/mol. The maximum atomic E-state index is 12.5. The molecule has 28 heavy (non-hydrogen) atoms. The fourth-order valence-electron chi connectivity index (χ4n) is 2.34. The van der Waals surface area contributed by atoms with E-state index >= 15 is 0 Å². The van der Waals surface area contributed by atoms with E-state index < -0.39 is 10.0 Å². The van der Waals surface area contributed by atoms with Crippen molar-refractivity contribution in [1.82, 2.24) is 4.90 Å². The van der Waals surface area contributed by atoms with Crippen molar-refractivity contribution < 1.29 is 17.9 Å². The zero-order chi connectivity index (χ0) is 20.0. The normalized spacial score (nSPS) is 11.9. The second-order valence-electron chi connectivity index (χ2n) is 6.09. The molecule has 7 nitrogen and oxygen atoms in total. The van der Waals surface area contributed by atoms with Gasteiger partial charge in [0.1, 0.15) is 5.75 Å². The number of likely N-dealkylation sites (N-methyl/N-ethyl adjacent to an activating group) is 1. The maximum Gasteiger partial charge on any atom is 0.261 e. The lowest BCUT2D eigenvalue weighted by molar-refractivity contribution is 0.0748. The molecule has 0 saturated heterocycles. The lowest BCUT2D eigenvalue weighted by atomic mass is 10.2. The van der Waals surface area contributed by atoms with E-state index in [-0.39, 0.29) is 29.3 Å². The topological polar surface area (TPSA) is 102 Å². The van der Waals surface area contributed by atoms with Crippen LogP contribution < -0.4 is 15.2 Å². The maximum absolute atomic E-state index is 12.5. The number of nitrogens with one attached hydrogen (secondary N) is 1. The molecule has 154 valence electrons. The van der Waals surface area contributed by atoms with Gasteiger partial charge in [0, 0.05) is 30.9 Å². The van der Waals surface area contributed by atoms with Gasteiger partial charge in [-0.15, -0.1) is 12.4 Å². The molecule has 0 aliphatic rings. The van der Waals surface area contributed by atoms with E-state index in [0.717, 1.165) is 0 Å². The number of hydrogen-bond acceptors (Lipinski definition) is 5. The molecule has 1 amide bonds. The van der Waals surface area contributed by atoms with Gasteiger partial charge >= 0.3 is 0 Å². The van der Waals surface area contributed by atoms with Gasteiger partial charge in [0.25, 0.3) is 15.9 Å². The number of amides is 1. The number of rotatable bonds is 8. The molecule has 9 heteroatoms. The smallest absolute Gasteiger partial charge is 0.261 e. The molecule has 0 fully saturated rings. The minimum atomic E-state index is -3.76. The number of ether oxygens (including phenoxy) is 1. The fraction of sp³-hybridized carbons (Fsp3) is 0.316. The third-order valence-electron chi connectivity index (χ3n) is 4.15. The van der Waals surface area contributed by atoms with E-state index in [9.17, 15) is 13.2 Å². The Morgan fingerprint density at radius 3 is 2.21 bits per heavy atom. The Labute approximate surface area is 172 Å².